The van der Waals surface area contributed by atoms with Gasteiger partial charge in [-0.3, -0.25) is 0 Å². The van der Waals surface area contributed by atoms with Gasteiger partial charge in [-0.05, 0) is 19.4 Å². The lowest BCUT2D eigenvalue weighted by Crippen LogP contribution is -2.28. The van der Waals surface area contributed by atoms with Crippen molar-refractivity contribution in [1.82, 2.24) is 5.32 Å². The third kappa shape index (κ3) is 3.61. The van der Waals surface area contributed by atoms with Gasteiger partial charge in [0, 0.05) is 18.2 Å². The van der Waals surface area contributed by atoms with Crippen LogP contribution < -0.4 is 5.32 Å². The molecule has 0 fully saturated rings. The van der Waals surface area contributed by atoms with Crippen LogP contribution in [0, 0.1) is 0 Å². The van der Waals surface area contributed by atoms with Crippen molar-refractivity contribution in [3.63, 3.8) is 0 Å². The zero-order valence-corrected chi connectivity index (χ0v) is 12.0. The third-order valence-electron chi connectivity index (χ3n) is 3.32. The minimum absolute atomic E-state index is 0.147. The SMILES string of the molecule is CCOC(=O)C1=C(NC(C)c2ccccc2)CCOC1. The molecule has 0 amide bonds. The van der Waals surface area contributed by atoms with Crippen LogP contribution in [0.2, 0.25) is 0 Å². The highest BCUT2D eigenvalue weighted by atomic mass is 16.5. The second-order valence-corrected chi connectivity index (χ2v) is 4.76. The average Bonchev–Trinajstić information content (AvgIpc) is 2.49. The molecule has 0 bridgehead atoms. The van der Waals surface area contributed by atoms with Crippen LogP contribution in [-0.4, -0.2) is 25.8 Å². The summed E-state index contributed by atoms with van der Waals surface area (Å²) in [5, 5.41) is 3.42. The van der Waals surface area contributed by atoms with Gasteiger partial charge < -0.3 is 14.8 Å². The van der Waals surface area contributed by atoms with E-state index >= 15 is 0 Å². The maximum atomic E-state index is 11.9. The fourth-order valence-corrected chi connectivity index (χ4v) is 2.23. The van der Waals surface area contributed by atoms with Crippen molar-refractivity contribution in [2.24, 2.45) is 0 Å². The molecule has 0 saturated heterocycles. The van der Waals surface area contributed by atoms with E-state index in [1.54, 1.807) is 0 Å². The highest BCUT2D eigenvalue weighted by molar-refractivity contribution is 5.89. The van der Waals surface area contributed by atoms with E-state index in [1.807, 2.05) is 25.1 Å². The summed E-state index contributed by atoms with van der Waals surface area (Å²) in [5.41, 5.74) is 2.74. The molecule has 1 aromatic rings. The van der Waals surface area contributed by atoms with Crippen molar-refractivity contribution in [1.29, 1.82) is 0 Å². The lowest BCUT2D eigenvalue weighted by molar-refractivity contribution is -0.139. The number of benzene rings is 1. The quantitative estimate of drug-likeness (QED) is 0.839. The highest BCUT2D eigenvalue weighted by Gasteiger charge is 2.22. The van der Waals surface area contributed by atoms with Gasteiger partial charge in [-0.1, -0.05) is 30.3 Å². The van der Waals surface area contributed by atoms with Crippen molar-refractivity contribution in [3.8, 4) is 0 Å². The highest BCUT2D eigenvalue weighted by Crippen LogP contribution is 2.20. The molecule has 20 heavy (non-hydrogen) atoms. The molecule has 108 valence electrons. The Kier molecular flexibility index (Phi) is 5.18. The monoisotopic (exact) mass is 275 g/mol. The van der Waals surface area contributed by atoms with Gasteiger partial charge in [0.25, 0.3) is 0 Å². The van der Waals surface area contributed by atoms with Crippen molar-refractivity contribution in [2.75, 3.05) is 19.8 Å². The van der Waals surface area contributed by atoms with Gasteiger partial charge in [0.1, 0.15) is 0 Å². The van der Waals surface area contributed by atoms with Crippen LogP contribution >= 0.6 is 0 Å². The second-order valence-electron chi connectivity index (χ2n) is 4.76. The van der Waals surface area contributed by atoms with Crippen molar-refractivity contribution in [3.05, 3.63) is 47.2 Å². The summed E-state index contributed by atoms with van der Waals surface area (Å²) >= 11 is 0. The van der Waals surface area contributed by atoms with Crippen LogP contribution in [0.3, 0.4) is 0 Å². The first-order valence-corrected chi connectivity index (χ1v) is 7.00. The average molecular weight is 275 g/mol. The van der Waals surface area contributed by atoms with Gasteiger partial charge in [0.2, 0.25) is 0 Å². The summed E-state index contributed by atoms with van der Waals surface area (Å²) in [6.07, 6.45) is 0.714. The van der Waals surface area contributed by atoms with E-state index in [0.717, 1.165) is 5.70 Å². The molecule has 1 unspecified atom stereocenters. The van der Waals surface area contributed by atoms with E-state index in [-0.39, 0.29) is 12.0 Å². The standard InChI is InChI=1S/C16H21NO3/c1-3-20-16(18)14-11-19-10-9-15(14)17-12(2)13-7-5-4-6-8-13/h4-8,12,17H,3,9-11H2,1-2H3. The molecule has 1 aliphatic rings. The first-order chi connectivity index (χ1) is 9.72. The van der Waals surface area contributed by atoms with Crippen LogP contribution in [0.15, 0.2) is 41.6 Å². The molecule has 1 aromatic carbocycles. The Morgan fingerprint density at radius 3 is 2.85 bits per heavy atom. The number of hydrogen-bond acceptors (Lipinski definition) is 4. The number of hydrogen-bond donors (Lipinski definition) is 1. The van der Waals surface area contributed by atoms with Crippen LogP contribution in [0.1, 0.15) is 31.9 Å². The molecule has 0 aromatic heterocycles. The van der Waals surface area contributed by atoms with E-state index in [4.69, 9.17) is 9.47 Å². The smallest absolute Gasteiger partial charge is 0.338 e. The number of esters is 1. The minimum Gasteiger partial charge on any atom is -0.463 e. The Hall–Kier alpha value is -1.81. The van der Waals surface area contributed by atoms with E-state index < -0.39 is 0 Å². The Morgan fingerprint density at radius 1 is 1.40 bits per heavy atom. The largest absolute Gasteiger partial charge is 0.463 e. The predicted octanol–water partition coefficient (Wildman–Crippen LogP) is 2.57. The molecule has 0 aliphatic carbocycles. The molecule has 1 atom stereocenters. The van der Waals surface area contributed by atoms with Crippen LogP contribution in [0.25, 0.3) is 0 Å². The molecule has 1 N–H and O–H groups in total. The summed E-state index contributed by atoms with van der Waals surface area (Å²) in [7, 11) is 0. The van der Waals surface area contributed by atoms with Crippen molar-refractivity contribution >= 4 is 5.97 Å². The maximum Gasteiger partial charge on any atom is 0.338 e. The van der Waals surface area contributed by atoms with E-state index in [2.05, 4.69) is 24.4 Å². The summed E-state index contributed by atoms with van der Waals surface area (Å²) in [6, 6.07) is 10.3. The number of carbonyl (C=O) groups is 1. The van der Waals surface area contributed by atoms with Gasteiger partial charge in [0.15, 0.2) is 0 Å². The molecular weight excluding hydrogens is 254 g/mol. The maximum absolute atomic E-state index is 11.9. The lowest BCUT2D eigenvalue weighted by Gasteiger charge is -2.24. The predicted molar refractivity (Wildman–Crippen MR) is 77.1 cm³/mol. The van der Waals surface area contributed by atoms with Gasteiger partial charge in [-0.15, -0.1) is 0 Å². The third-order valence-corrected chi connectivity index (χ3v) is 3.32. The number of carbonyl (C=O) groups excluding carboxylic acids is 1. The van der Waals surface area contributed by atoms with E-state index in [1.165, 1.54) is 5.56 Å². The summed E-state index contributed by atoms with van der Waals surface area (Å²) in [5.74, 6) is -0.282. The summed E-state index contributed by atoms with van der Waals surface area (Å²) in [4.78, 5) is 11.9. The zero-order valence-electron chi connectivity index (χ0n) is 12.0. The number of rotatable bonds is 5. The van der Waals surface area contributed by atoms with Gasteiger partial charge in [-0.25, -0.2) is 4.79 Å². The Balaban J connectivity index is 2.13. The first kappa shape index (κ1) is 14.6. The van der Waals surface area contributed by atoms with E-state index in [9.17, 15) is 4.79 Å². The summed E-state index contributed by atoms with van der Waals surface area (Å²) in [6.45, 7) is 5.22. The molecule has 2 rings (SSSR count). The van der Waals surface area contributed by atoms with Crippen LogP contribution in [-0.2, 0) is 14.3 Å². The van der Waals surface area contributed by atoms with Crippen LogP contribution in [0.4, 0.5) is 0 Å². The second kappa shape index (κ2) is 7.10. The van der Waals surface area contributed by atoms with E-state index in [0.29, 0.717) is 31.8 Å². The number of nitrogens with one attached hydrogen (secondary N) is 1. The van der Waals surface area contributed by atoms with Crippen molar-refractivity contribution < 1.29 is 14.3 Å². The van der Waals surface area contributed by atoms with Gasteiger partial charge >= 0.3 is 5.97 Å². The van der Waals surface area contributed by atoms with Gasteiger partial charge in [-0.2, -0.15) is 0 Å². The molecule has 1 heterocycles. The molecule has 0 saturated carbocycles. The molecule has 0 spiro atoms. The zero-order chi connectivity index (χ0) is 14.4. The van der Waals surface area contributed by atoms with Crippen LogP contribution in [0.5, 0.6) is 0 Å². The topological polar surface area (TPSA) is 47.6 Å². The Labute approximate surface area is 119 Å². The molecular formula is C16H21NO3. The summed E-state index contributed by atoms with van der Waals surface area (Å²) < 4.78 is 10.5. The molecule has 0 radical (unpaired) electrons. The first-order valence-electron chi connectivity index (χ1n) is 7.00. The number of ether oxygens (including phenoxy) is 2. The normalized spacial score (nSPS) is 16.7. The van der Waals surface area contributed by atoms with Crippen molar-refractivity contribution in [2.45, 2.75) is 26.3 Å². The Morgan fingerprint density at radius 2 is 2.15 bits per heavy atom. The Bertz CT molecular complexity index is 482. The lowest BCUT2D eigenvalue weighted by atomic mass is 10.1. The molecule has 4 heteroatoms. The molecule has 4 nitrogen and oxygen atoms in total. The fourth-order valence-electron chi connectivity index (χ4n) is 2.23. The fraction of sp³-hybridized carbons (Fsp3) is 0.438. The minimum atomic E-state index is -0.282. The van der Waals surface area contributed by atoms with Gasteiger partial charge in [0.05, 0.1) is 25.4 Å². The molecule has 1 aliphatic heterocycles.